The number of hydrogen-bond donors (Lipinski definition) is 0. The lowest BCUT2D eigenvalue weighted by molar-refractivity contribution is -0.138. The van der Waals surface area contributed by atoms with Crippen LogP contribution < -0.4 is 0 Å². The lowest BCUT2D eigenvalue weighted by atomic mass is 10.3. The molecule has 0 unspecified atom stereocenters. The van der Waals surface area contributed by atoms with Crippen molar-refractivity contribution in [2.24, 2.45) is 0 Å². The fourth-order valence-corrected chi connectivity index (χ4v) is 0.541. The fourth-order valence-electron chi connectivity index (χ4n) is 0.541. The zero-order valence-electron chi connectivity index (χ0n) is 7.04. The number of nitrogens with zero attached hydrogens (tertiary/aromatic N) is 1. The topological polar surface area (TPSA) is 50.1 Å². The Hall–Kier alpha value is -1.56. The molecule has 64 valence electrons. The van der Waals surface area contributed by atoms with E-state index in [0.717, 1.165) is 6.42 Å². The molecule has 3 heteroatoms. The van der Waals surface area contributed by atoms with Crippen molar-refractivity contribution in [3.63, 3.8) is 0 Å². The van der Waals surface area contributed by atoms with Crippen molar-refractivity contribution >= 4 is 5.97 Å². The molecule has 0 fully saturated rings. The average molecular weight is 165 g/mol. The highest BCUT2D eigenvalue weighted by Gasteiger charge is 2.07. The molecule has 0 saturated heterocycles. The summed E-state index contributed by atoms with van der Waals surface area (Å²) in [6.45, 7) is 5.60. The minimum atomic E-state index is -0.584. The molecule has 0 radical (unpaired) electrons. The quantitative estimate of drug-likeness (QED) is 0.275. The molecular formula is C9H11NO2. The molecule has 0 amide bonds. The molecule has 0 N–H and O–H groups in total. The molecule has 0 rings (SSSR count). The van der Waals surface area contributed by atoms with Crippen LogP contribution in [0, 0.1) is 11.3 Å². The number of rotatable bonds is 4. The standard InChI is InChI=1S/C9H11NO2/c1-3-5-8(7-10)9(11)12-6-4-2/h3,5H,1,4,6H2,2H3. The maximum atomic E-state index is 11.0. The Morgan fingerprint density at radius 2 is 2.42 bits per heavy atom. The highest BCUT2D eigenvalue weighted by atomic mass is 16.5. The summed E-state index contributed by atoms with van der Waals surface area (Å²) in [5.41, 5.74) is -0.0153. The van der Waals surface area contributed by atoms with Crippen LogP contribution in [0.5, 0.6) is 0 Å². The molecular weight excluding hydrogens is 154 g/mol. The lowest BCUT2D eigenvalue weighted by Gasteiger charge is -1.99. The van der Waals surface area contributed by atoms with Gasteiger partial charge in [0.15, 0.2) is 0 Å². The molecule has 12 heavy (non-hydrogen) atoms. The summed E-state index contributed by atoms with van der Waals surface area (Å²) >= 11 is 0. The van der Waals surface area contributed by atoms with Gasteiger partial charge in [0.2, 0.25) is 0 Å². The van der Waals surface area contributed by atoms with Gasteiger partial charge in [-0.3, -0.25) is 0 Å². The van der Waals surface area contributed by atoms with Gasteiger partial charge in [-0.05, 0) is 12.5 Å². The monoisotopic (exact) mass is 165 g/mol. The summed E-state index contributed by atoms with van der Waals surface area (Å²) in [7, 11) is 0. The molecule has 0 aliphatic carbocycles. The van der Waals surface area contributed by atoms with Crippen molar-refractivity contribution in [2.75, 3.05) is 6.61 Å². The van der Waals surface area contributed by atoms with Crippen LogP contribution in [0.15, 0.2) is 24.3 Å². The van der Waals surface area contributed by atoms with Crippen LogP contribution >= 0.6 is 0 Å². The van der Waals surface area contributed by atoms with Crippen LogP contribution in [-0.2, 0) is 9.53 Å². The summed E-state index contributed by atoms with van der Waals surface area (Å²) in [6.07, 6.45) is 3.46. The number of carbonyl (C=O) groups is 1. The maximum Gasteiger partial charge on any atom is 0.348 e. The first-order chi connectivity index (χ1) is 5.76. The largest absolute Gasteiger partial charge is 0.462 e. The van der Waals surface area contributed by atoms with E-state index in [1.807, 2.05) is 6.92 Å². The highest BCUT2D eigenvalue weighted by Crippen LogP contribution is 1.97. The van der Waals surface area contributed by atoms with Gasteiger partial charge < -0.3 is 4.74 Å². The Bertz CT molecular complexity index is 235. The van der Waals surface area contributed by atoms with Gasteiger partial charge in [0.05, 0.1) is 6.61 Å². The smallest absolute Gasteiger partial charge is 0.348 e. The van der Waals surface area contributed by atoms with Crippen LogP contribution in [0.25, 0.3) is 0 Å². The summed E-state index contributed by atoms with van der Waals surface area (Å²) in [6, 6.07) is 1.73. The van der Waals surface area contributed by atoms with Crippen LogP contribution in [0.4, 0.5) is 0 Å². The molecule has 0 bridgehead atoms. The van der Waals surface area contributed by atoms with Crippen LogP contribution in [0.1, 0.15) is 13.3 Å². The number of carbonyl (C=O) groups excluding carboxylic acids is 1. The first-order valence-electron chi connectivity index (χ1n) is 3.66. The molecule has 0 heterocycles. The predicted octanol–water partition coefficient (Wildman–Crippen LogP) is 1.58. The van der Waals surface area contributed by atoms with Crippen molar-refractivity contribution < 1.29 is 9.53 Å². The Morgan fingerprint density at radius 1 is 1.75 bits per heavy atom. The van der Waals surface area contributed by atoms with Crippen molar-refractivity contribution in [1.29, 1.82) is 5.26 Å². The van der Waals surface area contributed by atoms with Gasteiger partial charge in [-0.1, -0.05) is 19.6 Å². The van der Waals surface area contributed by atoms with E-state index in [2.05, 4.69) is 6.58 Å². The molecule has 3 nitrogen and oxygen atoms in total. The second-order valence-corrected chi connectivity index (χ2v) is 2.06. The first-order valence-corrected chi connectivity index (χ1v) is 3.66. The van der Waals surface area contributed by atoms with E-state index in [1.54, 1.807) is 6.07 Å². The van der Waals surface area contributed by atoms with Crippen LogP contribution in [0.2, 0.25) is 0 Å². The van der Waals surface area contributed by atoms with Crippen molar-refractivity contribution in [2.45, 2.75) is 13.3 Å². The molecule has 0 saturated carbocycles. The SMILES string of the molecule is C=CC=C(C#N)C(=O)OCCC. The van der Waals surface area contributed by atoms with Crippen molar-refractivity contribution in [3.8, 4) is 6.07 Å². The van der Waals surface area contributed by atoms with E-state index in [1.165, 1.54) is 12.2 Å². The van der Waals surface area contributed by atoms with E-state index < -0.39 is 5.97 Å². The molecule has 0 aromatic heterocycles. The Balaban J connectivity index is 4.16. The van der Waals surface area contributed by atoms with Gasteiger partial charge in [-0.15, -0.1) is 0 Å². The maximum absolute atomic E-state index is 11.0. The van der Waals surface area contributed by atoms with Crippen LogP contribution in [-0.4, -0.2) is 12.6 Å². The van der Waals surface area contributed by atoms with Crippen molar-refractivity contribution in [1.82, 2.24) is 0 Å². The van der Waals surface area contributed by atoms with Gasteiger partial charge in [0.25, 0.3) is 0 Å². The van der Waals surface area contributed by atoms with Gasteiger partial charge >= 0.3 is 5.97 Å². The minimum Gasteiger partial charge on any atom is -0.462 e. The number of esters is 1. The third kappa shape index (κ3) is 3.57. The van der Waals surface area contributed by atoms with Crippen LogP contribution in [0.3, 0.4) is 0 Å². The fraction of sp³-hybridized carbons (Fsp3) is 0.333. The van der Waals surface area contributed by atoms with E-state index in [0.29, 0.717) is 6.61 Å². The normalized spacial score (nSPS) is 10.2. The number of ether oxygens (including phenoxy) is 1. The molecule has 0 aliphatic heterocycles. The van der Waals surface area contributed by atoms with Gasteiger partial charge in [-0.25, -0.2) is 4.79 Å². The summed E-state index contributed by atoms with van der Waals surface area (Å²) in [4.78, 5) is 11.0. The van der Waals surface area contributed by atoms with E-state index in [9.17, 15) is 4.79 Å². The average Bonchev–Trinajstić information content (AvgIpc) is 2.10. The number of nitriles is 1. The second kappa shape index (κ2) is 6.17. The van der Waals surface area contributed by atoms with Gasteiger partial charge in [0, 0.05) is 0 Å². The molecule has 0 aliphatic rings. The third-order valence-electron chi connectivity index (χ3n) is 1.06. The zero-order valence-corrected chi connectivity index (χ0v) is 7.04. The molecule has 0 spiro atoms. The Morgan fingerprint density at radius 3 is 2.83 bits per heavy atom. The summed E-state index contributed by atoms with van der Waals surface area (Å²) < 4.78 is 4.72. The number of hydrogen-bond acceptors (Lipinski definition) is 3. The van der Waals surface area contributed by atoms with Gasteiger partial charge in [0.1, 0.15) is 11.6 Å². The van der Waals surface area contributed by atoms with E-state index in [-0.39, 0.29) is 5.57 Å². The Kier molecular flexibility index (Phi) is 5.37. The summed E-state index contributed by atoms with van der Waals surface area (Å²) in [5.74, 6) is -0.584. The molecule has 0 aromatic carbocycles. The highest BCUT2D eigenvalue weighted by molar-refractivity contribution is 5.93. The minimum absolute atomic E-state index is 0.0153. The first kappa shape index (κ1) is 10.4. The molecule has 0 atom stereocenters. The Labute approximate surface area is 71.9 Å². The predicted molar refractivity (Wildman–Crippen MR) is 45.1 cm³/mol. The molecule has 0 aromatic rings. The number of allylic oxidation sites excluding steroid dienone is 2. The van der Waals surface area contributed by atoms with E-state index >= 15 is 0 Å². The van der Waals surface area contributed by atoms with Crippen molar-refractivity contribution in [3.05, 3.63) is 24.3 Å². The third-order valence-corrected chi connectivity index (χ3v) is 1.06. The summed E-state index contributed by atoms with van der Waals surface area (Å²) in [5, 5.41) is 8.46. The zero-order chi connectivity index (χ0) is 9.40. The second-order valence-electron chi connectivity index (χ2n) is 2.06. The lowest BCUT2D eigenvalue weighted by Crippen LogP contribution is -2.07. The van der Waals surface area contributed by atoms with Gasteiger partial charge in [-0.2, -0.15) is 5.26 Å². The van der Waals surface area contributed by atoms with E-state index in [4.69, 9.17) is 10.00 Å².